The summed E-state index contributed by atoms with van der Waals surface area (Å²) in [6, 6.07) is 18.7. The lowest BCUT2D eigenvalue weighted by Crippen LogP contribution is -2.13. The molecule has 4 aromatic rings. The predicted molar refractivity (Wildman–Crippen MR) is 99.7 cm³/mol. The molecule has 0 bridgehead atoms. The molecule has 0 aliphatic heterocycles. The Kier molecular flexibility index (Phi) is 4.59. The van der Waals surface area contributed by atoms with E-state index in [1.165, 1.54) is 12.1 Å². The molecule has 7 heteroatoms. The fourth-order valence-corrected chi connectivity index (χ4v) is 2.66. The van der Waals surface area contributed by atoms with Gasteiger partial charge in [-0.25, -0.2) is 9.37 Å². The summed E-state index contributed by atoms with van der Waals surface area (Å²) < 4.78 is 18.8. The summed E-state index contributed by atoms with van der Waals surface area (Å²) in [5.41, 5.74) is 8.27. The zero-order valence-corrected chi connectivity index (χ0v) is 14.2. The number of pyridine rings is 1. The van der Waals surface area contributed by atoms with Crippen molar-refractivity contribution >= 4 is 11.5 Å². The number of nitrogens with one attached hydrogen (secondary N) is 1. The maximum Gasteiger partial charge on any atom is 0.261 e. The highest BCUT2D eigenvalue weighted by atomic mass is 19.1. The fourth-order valence-electron chi connectivity index (χ4n) is 2.66. The second kappa shape index (κ2) is 7.35. The number of nitrogens with zero attached hydrogens (tertiary/aromatic N) is 3. The molecule has 2 aromatic heterocycles. The van der Waals surface area contributed by atoms with Crippen LogP contribution in [-0.4, -0.2) is 15.1 Å². The molecule has 0 radical (unpaired) electrons. The van der Waals surface area contributed by atoms with Crippen molar-refractivity contribution < 1.29 is 8.91 Å². The van der Waals surface area contributed by atoms with Crippen molar-refractivity contribution in [2.45, 2.75) is 6.04 Å². The first-order valence-corrected chi connectivity index (χ1v) is 8.33. The minimum Gasteiger partial charge on any atom is -0.339 e. The molecular formula is C20H16FN5O. The van der Waals surface area contributed by atoms with E-state index in [0.717, 1.165) is 5.56 Å². The molecule has 1 unspecified atom stereocenters. The monoisotopic (exact) mass is 361 g/mol. The number of nitrogens with two attached hydrogens (primary N) is 1. The largest absolute Gasteiger partial charge is 0.339 e. The van der Waals surface area contributed by atoms with Crippen LogP contribution < -0.4 is 11.1 Å². The maximum absolute atomic E-state index is 13.4. The first-order valence-electron chi connectivity index (χ1n) is 8.33. The molecule has 4 rings (SSSR count). The topological polar surface area (TPSA) is 89.9 Å². The smallest absolute Gasteiger partial charge is 0.261 e. The van der Waals surface area contributed by atoms with Crippen molar-refractivity contribution in [1.82, 2.24) is 15.1 Å². The lowest BCUT2D eigenvalue weighted by atomic mass is 10.1. The Bertz CT molecular complexity index is 1050. The quantitative estimate of drug-likeness (QED) is 0.557. The minimum absolute atomic E-state index is 0.281. The summed E-state index contributed by atoms with van der Waals surface area (Å²) in [6.07, 6.45) is 1.62. The highest BCUT2D eigenvalue weighted by molar-refractivity contribution is 5.73. The summed E-state index contributed by atoms with van der Waals surface area (Å²) in [6.45, 7) is 0. The summed E-state index contributed by atoms with van der Waals surface area (Å²) in [5.74, 6) is 0.790. The number of hydrogen-bond donors (Lipinski definition) is 2. The highest BCUT2D eigenvalue weighted by Gasteiger charge is 2.19. The number of halogens is 1. The highest BCUT2D eigenvalue weighted by Crippen LogP contribution is 2.28. The average Bonchev–Trinajstić information content (AvgIpc) is 3.18. The van der Waals surface area contributed by atoms with Crippen LogP contribution in [0, 0.1) is 5.82 Å². The third kappa shape index (κ3) is 3.68. The number of aromatic nitrogens is 3. The molecule has 27 heavy (non-hydrogen) atoms. The molecule has 0 spiro atoms. The summed E-state index contributed by atoms with van der Waals surface area (Å²) in [7, 11) is 0. The molecule has 0 saturated carbocycles. The van der Waals surface area contributed by atoms with Gasteiger partial charge < -0.3 is 15.6 Å². The lowest BCUT2D eigenvalue weighted by Gasteiger charge is -2.08. The maximum atomic E-state index is 13.4. The van der Waals surface area contributed by atoms with Crippen molar-refractivity contribution in [3.8, 4) is 11.5 Å². The van der Waals surface area contributed by atoms with Gasteiger partial charge in [0.05, 0.1) is 11.6 Å². The fraction of sp³-hybridized carbons (Fsp3) is 0.0500. The van der Waals surface area contributed by atoms with Gasteiger partial charge in [-0.2, -0.15) is 4.98 Å². The lowest BCUT2D eigenvalue weighted by molar-refractivity contribution is 0.419. The molecule has 3 N–H and O–H groups in total. The Morgan fingerprint density at radius 1 is 1.00 bits per heavy atom. The van der Waals surface area contributed by atoms with Crippen LogP contribution in [-0.2, 0) is 0 Å². The van der Waals surface area contributed by atoms with Crippen LogP contribution in [0.1, 0.15) is 17.4 Å². The summed E-state index contributed by atoms with van der Waals surface area (Å²) in [5, 5.41) is 7.08. The molecule has 0 aliphatic carbocycles. The third-order valence-electron chi connectivity index (χ3n) is 4.00. The molecule has 0 aliphatic rings. The molecule has 0 fully saturated rings. The molecule has 1 atom stereocenters. The summed E-state index contributed by atoms with van der Waals surface area (Å²) >= 11 is 0. The van der Waals surface area contributed by atoms with Crippen molar-refractivity contribution in [2.24, 2.45) is 5.73 Å². The van der Waals surface area contributed by atoms with Crippen LogP contribution >= 0.6 is 0 Å². The molecule has 0 amide bonds. The molecule has 2 aromatic carbocycles. The number of benzene rings is 2. The van der Waals surface area contributed by atoms with Gasteiger partial charge in [-0.15, -0.1) is 0 Å². The first-order chi connectivity index (χ1) is 13.2. The van der Waals surface area contributed by atoms with E-state index in [1.54, 1.807) is 30.5 Å². The second-order valence-electron chi connectivity index (χ2n) is 5.88. The van der Waals surface area contributed by atoms with E-state index in [4.69, 9.17) is 10.3 Å². The van der Waals surface area contributed by atoms with Gasteiger partial charge in [0.15, 0.2) is 5.82 Å². The van der Waals surface area contributed by atoms with E-state index in [-0.39, 0.29) is 11.7 Å². The van der Waals surface area contributed by atoms with E-state index in [1.807, 2.05) is 30.3 Å². The standard InChI is InChI=1S/C20H16FN5O/c21-14-8-4-9-15(12-14)24-18-16(10-5-11-23-18)20-25-19(26-27-20)17(22)13-6-2-1-3-7-13/h1-12,17H,22H2,(H,23,24). The summed E-state index contributed by atoms with van der Waals surface area (Å²) in [4.78, 5) is 8.72. The van der Waals surface area contributed by atoms with Crippen LogP contribution in [0.2, 0.25) is 0 Å². The molecular weight excluding hydrogens is 345 g/mol. The Morgan fingerprint density at radius 3 is 2.67 bits per heavy atom. The van der Waals surface area contributed by atoms with Gasteiger partial charge in [0.25, 0.3) is 5.89 Å². The Morgan fingerprint density at radius 2 is 1.85 bits per heavy atom. The van der Waals surface area contributed by atoms with Gasteiger partial charge in [-0.05, 0) is 35.9 Å². The van der Waals surface area contributed by atoms with Gasteiger partial charge >= 0.3 is 0 Å². The van der Waals surface area contributed by atoms with Crippen molar-refractivity contribution in [3.05, 3.63) is 90.1 Å². The predicted octanol–water partition coefficient (Wildman–Crippen LogP) is 4.06. The van der Waals surface area contributed by atoms with Gasteiger partial charge in [-0.1, -0.05) is 41.6 Å². The van der Waals surface area contributed by atoms with Gasteiger partial charge in [-0.3, -0.25) is 0 Å². The van der Waals surface area contributed by atoms with Crippen LogP contribution in [0.4, 0.5) is 15.9 Å². The average molecular weight is 361 g/mol. The van der Waals surface area contributed by atoms with Gasteiger partial charge in [0.1, 0.15) is 11.6 Å². The van der Waals surface area contributed by atoms with E-state index in [2.05, 4.69) is 20.4 Å². The van der Waals surface area contributed by atoms with E-state index in [9.17, 15) is 4.39 Å². The Hall–Kier alpha value is -3.58. The van der Waals surface area contributed by atoms with Crippen LogP contribution in [0.25, 0.3) is 11.5 Å². The number of rotatable bonds is 5. The van der Waals surface area contributed by atoms with Gasteiger partial charge in [0, 0.05) is 11.9 Å². The molecule has 6 nitrogen and oxygen atoms in total. The Balaban J connectivity index is 1.64. The van der Waals surface area contributed by atoms with Crippen molar-refractivity contribution in [3.63, 3.8) is 0 Å². The minimum atomic E-state index is -0.500. The van der Waals surface area contributed by atoms with Crippen LogP contribution in [0.5, 0.6) is 0 Å². The van der Waals surface area contributed by atoms with Crippen LogP contribution in [0.15, 0.2) is 77.4 Å². The van der Waals surface area contributed by atoms with Crippen LogP contribution in [0.3, 0.4) is 0 Å². The van der Waals surface area contributed by atoms with E-state index >= 15 is 0 Å². The first kappa shape index (κ1) is 16.9. The van der Waals surface area contributed by atoms with Crippen molar-refractivity contribution in [2.75, 3.05) is 5.32 Å². The van der Waals surface area contributed by atoms with E-state index < -0.39 is 6.04 Å². The Labute approximate surface area is 154 Å². The van der Waals surface area contributed by atoms with Gasteiger partial charge in [0.2, 0.25) is 0 Å². The molecule has 0 saturated heterocycles. The number of anilines is 2. The normalized spacial score (nSPS) is 11.9. The second-order valence-corrected chi connectivity index (χ2v) is 5.88. The molecule has 2 heterocycles. The van der Waals surface area contributed by atoms with Crippen molar-refractivity contribution in [1.29, 1.82) is 0 Å². The molecule has 134 valence electrons. The zero-order valence-electron chi connectivity index (χ0n) is 14.2. The van der Waals surface area contributed by atoms with E-state index in [0.29, 0.717) is 22.9 Å². The zero-order chi connectivity index (χ0) is 18.6. The third-order valence-corrected chi connectivity index (χ3v) is 4.00. The number of hydrogen-bond acceptors (Lipinski definition) is 6. The SMILES string of the molecule is NC(c1ccccc1)c1noc(-c2cccnc2Nc2cccc(F)c2)n1.